The van der Waals surface area contributed by atoms with Crippen molar-refractivity contribution in [3.05, 3.63) is 35.7 Å². The van der Waals surface area contributed by atoms with Crippen molar-refractivity contribution >= 4 is 23.0 Å². The third-order valence-corrected chi connectivity index (χ3v) is 4.98. The van der Waals surface area contributed by atoms with E-state index in [4.69, 9.17) is 5.21 Å². The van der Waals surface area contributed by atoms with Crippen molar-refractivity contribution in [2.45, 2.75) is 52.3 Å². The summed E-state index contributed by atoms with van der Waals surface area (Å²) in [5.41, 5.74) is 2.58. The van der Waals surface area contributed by atoms with Gasteiger partial charge in [-0.3, -0.25) is 10.0 Å². The van der Waals surface area contributed by atoms with Gasteiger partial charge < -0.3 is 9.47 Å². The highest BCUT2D eigenvalue weighted by molar-refractivity contribution is 5.91. The lowest BCUT2D eigenvalue weighted by Gasteiger charge is -2.21. The van der Waals surface area contributed by atoms with E-state index in [0.717, 1.165) is 38.4 Å². The molecule has 0 saturated carbocycles. The van der Waals surface area contributed by atoms with Crippen LogP contribution in [0, 0.1) is 0 Å². The summed E-state index contributed by atoms with van der Waals surface area (Å²) in [7, 11) is 0. The summed E-state index contributed by atoms with van der Waals surface area (Å²) in [4.78, 5) is 17.1. The van der Waals surface area contributed by atoms with Crippen LogP contribution < -0.4 is 5.48 Å². The van der Waals surface area contributed by atoms with Crippen molar-refractivity contribution in [2.75, 3.05) is 19.6 Å². The molecule has 2 aromatic rings. The number of alkyl halides is 3. The SMILES string of the molecule is CCCCCCN(CC)CCn1c(C(F)(F)F)nc2cc(/C=C/C(=O)NO)ccc21. The molecular formula is C21H29F3N4O2. The lowest BCUT2D eigenvalue weighted by atomic mass is 10.2. The predicted molar refractivity (Wildman–Crippen MR) is 110 cm³/mol. The Morgan fingerprint density at radius 3 is 2.63 bits per heavy atom. The number of nitrogens with one attached hydrogen (secondary N) is 1. The number of hydrogen-bond acceptors (Lipinski definition) is 4. The van der Waals surface area contributed by atoms with Gasteiger partial charge in [0.25, 0.3) is 5.91 Å². The number of hydroxylamine groups is 1. The van der Waals surface area contributed by atoms with Crippen molar-refractivity contribution in [1.29, 1.82) is 0 Å². The summed E-state index contributed by atoms with van der Waals surface area (Å²) in [5, 5.41) is 8.52. The zero-order chi connectivity index (χ0) is 22.1. The fraction of sp³-hybridized carbons (Fsp3) is 0.524. The minimum absolute atomic E-state index is 0.190. The predicted octanol–water partition coefficient (Wildman–Crippen LogP) is 4.48. The fourth-order valence-electron chi connectivity index (χ4n) is 3.33. The number of imidazole rings is 1. The van der Waals surface area contributed by atoms with Gasteiger partial charge in [0.05, 0.1) is 11.0 Å². The fourth-order valence-corrected chi connectivity index (χ4v) is 3.33. The molecule has 6 nitrogen and oxygen atoms in total. The number of rotatable bonds is 11. The summed E-state index contributed by atoms with van der Waals surface area (Å²) in [6.45, 7) is 6.50. The first-order chi connectivity index (χ1) is 14.3. The van der Waals surface area contributed by atoms with Crippen LogP contribution in [0.3, 0.4) is 0 Å². The third kappa shape index (κ3) is 6.56. The smallest absolute Gasteiger partial charge is 0.319 e. The van der Waals surface area contributed by atoms with Crippen molar-refractivity contribution in [1.82, 2.24) is 19.9 Å². The summed E-state index contributed by atoms with van der Waals surface area (Å²) in [6, 6.07) is 4.68. The number of aromatic nitrogens is 2. The van der Waals surface area contributed by atoms with Crippen LogP contribution in [0.5, 0.6) is 0 Å². The number of carbonyl (C=O) groups excluding carboxylic acids is 1. The molecule has 0 fully saturated rings. The van der Waals surface area contributed by atoms with Gasteiger partial charge in [0.2, 0.25) is 5.82 Å². The van der Waals surface area contributed by atoms with Crippen LogP contribution >= 0.6 is 0 Å². The van der Waals surface area contributed by atoms with E-state index in [1.54, 1.807) is 12.1 Å². The molecule has 0 aliphatic carbocycles. The molecule has 166 valence electrons. The molecule has 1 aromatic carbocycles. The highest BCUT2D eigenvalue weighted by atomic mass is 19.4. The van der Waals surface area contributed by atoms with Gasteiger partial charge in [0.15, 0.2) is 0 Å². The molecule has 1 amide bonds. The molecule has 1 heterocycles. The van der Waals surface area contributed by atoms with E-state index in [-0.39, 0.29) is 12.1 Å². The average molecular weight is 426 g/mol. The van der Waals surface area contributed by atoms with Gasteiger partial charge in [-0.2, -0.15) is 13.2 Å². The van der Waals surface area contributed by atoms with Gasteiger partial charge in [0, 0.05) is 19.2 Å². The highest BCUT2D eigenvalue weighted by Gasteiger charge is 2.37. The molecule has 0 atom stereocenters. The summed E-state index contributed by atoms with van der Waals surface area (Å²) in [6.07, 6.45) is 2.38. The Hall–Kier alpha value is -2.39. The van der Waals surface area contributed by atoms with Gasteiger partial charge in [-0.1, -0.05) is 39.2 Å². The number of benzene rings is 1. The number of carbonyl (C=O) groups is 1. The van der Waals surface area contributed by atoms with Crippen LogP contribution in [0.2, 0.25) is 0 Å². The topological polar surface area (TPSA) is 70.4 Å². The van der Waals surface area contributed by atoms with Crippen LogP contribution in [0.4, 0.5) is 13.2 Å². The molecular weight excluding hydrogens is 397 g/mol. The lowest BCUT2D eigenvalue weighted by Crippen LogP contribution is -2.29. The quantitative estimate of drug-likeness (QED) is 0.241. The van der Waals surface area contributed by atoms with Crippen molar-refractivity contribution in [3.8, 4) is 0 Å². The molecule has 2 N–H and O–H groups in total. The number of fused-ring (bicyclic) bond motifs is 1. The minimum Gasteiger partial charge on any atom is -0.319 e. The molecule has 0 aliphatic heterocycles. The van der Waals surface area contributed by atoms with E-state index in [0.29, 0.717) is 17.6 Å². The number of hydrogen-bond donors (Lipinski definition) is 2. The summed E-state index contributed by atoms with van der Waals surface area (Å²) < 4.78 is 42.0. The van der Waals surface area contributed by atoms with Crippen molar-refractivity contribution in [2.24, 2.45) is 0 Å². The first-order valence-electron chi connectivity index (χ1n) is 10.2. The normalized spacial score (nSPS) is 12.4. The van der Waals surface area contributed by atoms with E-state index in [9.17, 15) is 18.0 Å². The average Bonchev–Trinajstić information content (AvgIpc) is 3.09. The molecule has 0 saturated heterocycles. The number of nitrogens with zero attached hydrogens (tertiary/aromatic N) is 3. The highest BCUT2D eigenvalue weighted by Crippen LogP contribution is 2.32. The molecule has 0 radical (unpaired) electrons. The van der Waals surface area contributed by atoms with Gasteiger partial charge in [-0.25, -0.2) is 10.5 Å². The standard InChI is InChI=1S/C21H29F3N4O2/c1-3-5-6-7-12-27(4-2)13-14-28-18-10-8-16(9-11-19(29)26-30)15-17(18)25-20(28)21(22,23)24/h8-11,15,30H,3-7,12-14H2,1-2H3,(H,26,29)/b11-9+. The largest absolute Gasteiger partial charge is 0.449 e. The monoisotopic (exact) mass is 426 g/mol. The second kappa shape index (κ2) is 11.1. The van der Waals surface area contributed by atoms with E-state index < -0.39 is 17.9 Å². The molecule has 0 bridgehead atoms. The summed E-state index contributed by atoms with van der Waals surface area (Å²) in [5.74, 6) is -1.65. The maximum absolute atomic E-state index is 13.6. The molecule has 9 heteroatoms. The molecule has 0 unspecified atom stereocenters. The Balaban J connectivity index is 2.24. The first kappa shape index (κ1) is 23.9. The Kier molecular flexibility index (Phi) is 8.86. The van der Waals surface area contributed by atoms with Crippen LogP contribution in [0.15, 0.2) is 24.3 Å². The van der Waals surface area contributed by atoms with Crippen molar-refractivity contribution < 1.29 is 23.2 Å². The van der Waals surface area contributed by atoms with Crippen LogP contribution in [-0.4, -0.2) is 45.2 Å². The molecule has 2 rings (SSSR count). The maximum Gasteiger partial charge on any atom is 0.449 e. The lowest BCUT2D eigenvalue weighted by molar-refractivity contribution is -0.147. The zero-order valence-corrected chi connectivity index (χ0v) is 17.4. The zero-order valence-electron chi connectivity index (χ0n) is 17.4. The number of likely N-dealkylation sites (N-methyl/N-ethyl adjacent to an activating group) is 1. The number of halogens is 3. The Bertz CT molecular complexity index is 862. The molecule has 1 aromatic heterocycles. The maximum atomic E-state index is 13.6. The van der Waals surface area contributed by atoms with E-state index in [2.05, 4.69) is 16.8 Å². The van der Waals surface area contributed by atoms with E-state index >= 15 is 0 Å². The van der Waals surface area contributed by atoms with E-state index in [1.807, 2.05) is 6.92 Å². The van der Waals surface area contributed by atoms with E-state index in [1.165, 1.54) is 28.6 Å². The molecule has 30 heavy (non-hydrogen) atoms. The number of amides is 1. The van der Waals surface area contributed by atoms with Gasteiger partial charge in [-0.15, -0.1) is 0 Å². The van der Waals surface area contributed by atoms with Crippen LogP contribution in [-0.2, 0) is 17.5 Å². The summed E-state index contributed by atoms with van der Waals surface area (Å²) >= 11 is 0. The Morgan fingerprint density at radius 1 is 1.23 bits per heavy atom. The van der Waals surface area contributed by atoms with Crippen molar-refractivity contribution in [3.63, 3.8) is 0 Å². The van der Waals surface area contributed by atoms with Crippen LogP contribution in [0.25, 0.3) is 17.1 Å². The second-order valence-corrected chi connectivity index (χ2v) is 7.14. The molecule has 0 aliphatic rings. The van der Waals surface area contributed by atoms with Gasteiger partial charge >= 0.3 is 6.18 Å². The minimum atomic E-state index is -4.57. The van der Waals surface area contributed by atoms with Crippen LogP contribution in [0.1, 0.15) is 50.9 Å². The molecule has 0 spiro atoms. The van der Waals surface area contributed by atoms with Gasteiger partial charge in [-0.05, 0) is 43.3 Å². The number of unbranched alkanes of at least 4 members (excludes halogenated alkanes) is 3. The first-order valence-corrected chi connectivity index (χ1v) is 10.2. The van der Waals surface area contributed by atoms with Gasteiger partial charge in [0.1, 0.15) is 0 Å². The Labute approximate surface area is 174 Å². The second-order valence-electron chi connectivity index (χ2n) is 7.14. The third-order valence-electron chi connectivity index (χ3n) is 4.98. The Morgan fingerprint density at radius 2 is 2.00 bits per heavy atom.